The van der Waals surface area contributed by atoms with Gasteiger partial charge in [-0.25, -0.2) is 0 Å². The standard InChI is InChI=1S/C62H43N3O/c1-5-16-44(17-6-1)45-30-33-51(34-31-45)65(55-25-15-24-54(41-55)63(48-18-7-2-8-19-48)49-20-9-3-10-21-49)53-38-36-52(37-39-53)64(50-22-11-4-12-23-50)56-35-32-46-28-29-47-40-62-60(43-59(47)58(46)42-56)57-26-13-14-27-61(57)66-62/h1-43H. The molecule has 0 aliphatic carbocycles. The number of furan rings is 1. The van der Waals surface area contributed by atoms with Crippen LogP contribution in [-0.4, -0.2) is 0 Å². The first-order chi connectivity index (χ1) is 32.7. The summed E-state index contributed by atoms with van der Waals surface area (Å²) in [5.74, 6) is 0. The van der Waals surface area contributed by atoms with Crippen molar-refractivity contribution < 1.29 is 4.42 Å². The molecule has 12 rings (SSSR count). The molecule has 0 spiro atoms. The zero-order chi connectivity index (χ0) is 43.8. The number of rotatable bonds is 10. The zero-order valence-corrected chi connectivity index (χ0v) is 36.1. The minimum absolute atomic E-state index is 0.905. The van der Waals surface area contributed by atoms with Crippen LogP contribution in [-0.2, 0) is 0 Å². The number of fused-ring (bicyclic) bond motifs is 6. The minimum atomic E-state index is 0.905. The number of anilines is 9. The fourth-order valence-corrected chi connectivity index (χ4v) is 9.43. The fraction of sp³-hybridized carbons (Fsp3) is 0. The van der Waals surface area contributed by atoms with E-state index in [1.807, 2.05) is 12.1 Å². The summed E-state index contributed by atoms with van der Waals surface area (Å²) in [5, 5.41) is 7.00. The van der Waals surface area contributed by atoms with E-state index in [0.717, 1.165) is 78.5 Å². The second kappa shape index (κ2) is 16.7. The highest BCUT2D eigenvalue weighted by Gasteiger charge is 2.20. The van der Waals surface area contributed by atoms with Gasteiger partial charge in [0, 0.05) is 62.0 Å². The van der Waals surface area contributed by atoms with Crippen LogP contribution in [0.1, 0.15) is 0 Å². The van der Waals surface area contributed by atoms with E-state index in [-0.39, 0.29) is 0 Å². The smallest absolute Gasteiger partial charge is 0.136 e. The van der Waals surface area contributed by atoms with Gasteiger partial charge in [0.05, 0.1) is 0 Å². The molecule has 0 amide bonds. The van der Waals surface area contributed by atoms with Crippen molar-refractivity contribution in [3.05, 3.63) is 261 Å². The predicted octanol–water partition coefficient (Wildman–Crippen LogP) is 18.0. The van der Waals surface area contributed by atoms with Crippen molar-refractivity contribution in [1.82, 2.24) is 0 Å². The Labute approximate surface area is 384 Å². The van der Waals surface area contributed by atoms with Gasteiger partial charge in [0.1, 0.15) is 11.2 Å². The van der Waals surface area contributed by atoms with Gasteiger partial charge in [-0.2, -0.15) is 0 Å². The van der Waals surface area contributed by atoms with E-state index in [0.29, 0.717) is 0 Å². The topological polar surface area (TPSA) is 22.9 Å². The lowest BCUT2D eigenvalue weighted by Gasteiger charge is -2.30. The molecular weight excluding hydrogens is 803 g/mol. The van der Waals surface area contributed by atoms with Crippen LogP contribution in [0.15, 0.2) is 265 Å². The highest BCUT2D eigenvalue weighted by atomic mass is 16.3. The molecule has 0 aliphatic rings. The Bertz CT molecular complexity index is 3590. The van der Waals surface area contributed by atoms with E-state index in [4.69, 9.17) is 4.42 Å². The van der Waals surface area contributed by atoms with Crippen molar-refractivity contribution in [2.45, 2.75) is 0 Å². The molecule has 0 saturated heterocycles. The van der Waals surface area contributed by atoms with Crippen LogP contribution in [0.5, 0.6) is 0 Å². The second-order valence-corrected chi connectivity index (χ2v) is 16.6. The van der Waals surface area contributed by atoms with Gasteiger partial charge in [-0.1, -0.05) is 140 Å². The Kier molecular flexibility index (Phi) is 9.81. The third-order valence-corrected chi connectivity index (χ3v) is 12.6. The summed E-state index contributed by atoms with van der Waals surface area (Å²) in [6.45, 7) is 0. The molecule has 1 heterocycles. The maximum absolute atomic E-state index is 6.30. The van der Waals surface area contributed by atoms with Gasteiger partial charge in [-0.05, 0) is 154 Å². The van der Waals surface area contributed by atoms with Crippen molar-refractivity contribution in [1.29, 1.82) is 0 Å². The van der Waals surface area contributed by atoms with E-state index < -0.39 is 0 Å². The lowest BCUT2D eigenvalue weighted by molar-refractivity contribution is 0.669. The van der Waals surface area contributed by atoms with Crippen molar-refractivity contribution in [2.75, 3.05) is 14.7 Å². The van der Waals surface area contributed by atoms with Gasteiger partial charge in [0.2, 0.25) is 0 Å². The molecule has 0 aliphatic heterocycles. The van der Waals surface area contributed by atoms with E-state index in [2.05, 4.69) is 263 Å². The molecule has 0 unspecified atom stereocenters. The summed E-state index contributed by atoms with van der Waals surface area (Å²) < 4.78 is 6.30. The summed E-state index contributed by atoms with van der Waals surface area (Å²) in [4.78, 5) is 7.02. The maximum atomic E-state index is 6.30. The van der Waals surface area contributed by atoms with Crippen molar-refractivity contribution in [3.8, 4) is 11.1 Å². The SMILES string of the molecule is c1ccc(-c2ccc(N(c3ccc(N(c4ccccc4)c4ccc5ccc6cc7oc8ccccc8c7cc6c5c4)cc3)c3cccc(N(c4ccccc4)c4ccccc4)c3)cc2)cc1. The Morgan fingerprint density at radius 3 is 1.18 bits per heavy atom. The first-order valence-electron chi connectivity index (χ1n) is 22.4. The molecule has 312 valence electrons. The van der Waals surface area contributed by atoms with Crippen LogP contribution < -0.4 is 14.7 Å². The summed E-state index contributed by atoms with van der Waals surface area (Å²) in [6.07, 6.45) is 0. The monoisotopic (exact) mass is 845 g/mol. The number of nitrogens with zero attached hydrogens (tertiary/aromatic N) is 3. The molecule has 0 saturated carbocycles. The average Bonchev–Trinajstić information content (AvgIpc) is 3.75. The molecule has 0 N–H and O–H groups in total. The van der Waals surface area contributed by atoms with E-state index in [1.165, 1.54) is 27.3 Å². The number of hydrogen-bond acceptors (Lipinski definition) is 4. The first-order valence-corrected chi connectivity index (χ1v) is 22.4. The van der Waals surface area contributed by atoms with Gasteiger partial charge in [-0.15, -0.1) is 0 Å². The molecule has 0 fully saturated rings. The largest absolute Gasteiger partial charge is 0.456 e. The lowest BCUT2D eigenvalue weighted by Crippen LogP contribution is -2.14. The zero-order valence-electron chi connectivity index (χ0n) is 36.1. The van der Waals surface area contributed by atoms with Crippen molar-refractivity contribution >= 4 is 94.7 Å². The molecule has 66 heavy (non-hydrogen) atoms. The van der Waals surface area contributed by atoms with E-state index >= 15 is 0 Å². The van der Waals surface area contributed by atoms with Crippen LogP contribution in [0, 0.1) is 0 Å². The Balaban J connectivity index is 0.978. The van der Waals surface area contributed by atoms with Crippen LogP contribution in [0.25, 0.3) is 54.6 Å². The van der Waals surface area contributed by atoms with Crippen LogP contribution in [0.2, 0.25) is 0 Å². The summed E-state index contributed by atoms with van der Waals surface area (Å²) in [5.41, 5.74) is 13.8. The quantitative estimate of drug-likeness (QED) is 0.128. The van der Waals surface area contributed by atoms with Gasteiger partial charge in [0.15, 0.2) is 0 Å². The Hall–Kier alpha value is -8.86. The average molecular weight is 846 g/mol. The molecular formula is C62H43N3O. The molecule has 4 nitrogen and oxygen atoms in total. The van der Waals surface area contributed by atoms with Gasteiger partial charge < -0.3 is 19.1 Å². The molecule has 4 heteroatoms. The molecule has 1 aromatic heterocycles. The molecule has 12 aromatic rings. The summed E-state index contributed by atoms with van der Waals surface area (Å²) in [7, 11) is 0. The van der Waals surface area contributed by atoms with Crippen LogP contribution in [0.3, 0.4) is 0 Å². The van der Waals surface area contributed by atoms with Crippen LogP contribution >= 0.6 is 0 Å². The molecule has 0 radical (unpaired) electrons. The second-order valence-electron chi connectivity index (χ2n) is 16.6. The van der Waals surface area contributed by atoms with Gasteiger partial charge >= 0.3 is 0 Å². The molecule has 11 aromatic carbocycles. The fourth-order valence-electron chi connectivity index (χ4n) is 9.43. The molecule has 0 bridgehead atoms. The maximum Gasteiger partial charge on any atom is 0.136 e. The normalized spacial score (nSPS) is 11.3. The highest BCUT2D eigenvalue weighted by Crippen LogP contribution is 2.44. The van der Waals surface area contributed by atoms with Crippen molar-refractivity contribution in [3.63, 3.8) is 0 Å². The van der Waals surface area contributed by atoms with Crippen molar-refractivity contribution in [2.24, 2.45) is 0 Å². The minimum Gasteiger partial charge on any atom is -0.456 e. The Morgan fingerprint density at radius 2 is 0.606 bits per heavy atom. The molecule has 0 atom stereocenters. The van der Waals surface area contributed by atoms with E-state index in [1.54, 1.807) is 0 Å². The summed E-state index contributed by atoms with van der Waals surface area (Å²) >= 11 is 0. The van der Waals surface area contributed by atoms with Gasteiger partial charge in [-0.3, -0.25) is 0 Å². The van der Waals surface area contributed by atoms with Crippen LogP contribution in [0.4, 0.5) is 51.2 Å². The summed E-state index contributed by atoms with van der Waals surface area (Å²) in [6, 6.07) is 93.1. The van der Waals surface area contributed by atoms with Gasteiger partial charge in [0.25, 0.3) is 0 Å². The number of hydrogen-bond donors (Lipinski definition) is 0. The Morgan fingerprint density at radius 1 is 0.212 bits per heavy atom. The first kappa shape index (κ1) is 38.8. The predicted molar refractivity (Wildman–Crippen MR) is 278 cm³/mol. The number of para-hydroxylation sites is 4. The lowest BCUT2D eigenvalue weighted by atomic mass is 9.99. The highest BCUT2D eigenvalue weighted by molar-refractivity contribution is 6.17. The number of benzene rings is 11. The van der Waals surface area contributed by atoms with E-state index in [9.17, 15) is 0 Å². The third kappa shape index (κ3) is 7.17. The third-order valence-electron chi connectivity index (χ3n) is 12.6.